The Labute approximate surface area is 178 Å². The van der Waals surface area contributed by atoms with E-state index in [0.717, 1.165) is 38.8 Å². The van der Waals surface area contributed by atoms with Gasteiger partial charge in [-0.1, -0.05) is 6.07 Å². The Kier molecular flexibility index (Phi) is 5.16. The van der Waals surface area contributed by atoms with E-state index in [0.29, 0.717) is 16.1 Å². The molecule has 0 saturated heterocycles. The van der Waals surface area contributed by atoms with Crippen molar-refractivity contribution in [1.82, 2.24) is 29.9 Å². The molecule has 9 heteroatoms. The highest BCUT2D eigenvalue weighted by molar-refractivity contribution is 7.84. The van der Waals surface area contributed by atoms with Crippen LogP contribution in [0.2, 0.25) is 0 Å². The number of rotatable bonds is 7. The molecule has 2 heterocycles. The average Bonchev–Trinajstić information content (AvgIpc) is 3.51. The minimum Gasteiger partial charge on any atom is -0.322 e. The van der Waals surface area contributed by atoms with Crippen LogP contribution in [0.25, 0.3) is 0 Å². The van der Waals surface area contributed by atoms with Gasteiger partial charge in [-0.25, -0.2) is 9.31 Å². The minimum atomic E-state index is -1.49. The highest BCUT2D eigenvalue weighted by Crippen LogP contribution is 2.39. The fourth-order valence-electron chi connectivity index (χ4n) is 4.43. The summed E-state index contributed by atoms with van der Waals surface area (Å²) in [5, 5.41) is 15.8. The molecule has 0 saturated carbocycles. The highest BCUT2D eigenvalue weighted by atomic mass is 32.2. The zero-order valence-electron chi connectivity index (χ0n) is 17.4. The lowest BCUT2D eigenvalue weighted by Crippen LogP contribution is -2.18. The van der Waals surface area contributed by atoms with Crippen molar-refractivity contribution < 1.29 is 4.21 Å². The summed E-state index contributed by atoms with van der Waals surface area (Å²) in [5.41, 5.74) is 6.91. The number of aryl methyl sites for hydroxylation is 2. The van der Waals surface area contributed by atoms with Gasteiger partial charge in [0.15, 0.2) is 5.03 Å². The first kappa shape index (κ1) is 19.4. The number of nitrogens with zero attached hydrogens (tertiary/aromatic N) is 5. The van der Waals surface area contributed by atoms with E-state index in [1.54, 1.807) is 10.7 Å². The first-order chi connectivity index (χ1) is 14.6. The summed E-state index contributed by atoms with van der Waals surface area (Å²) in [6, 6.07) is 4.18. The molecule has 3 aromatic rings. The maximum absolute atomic E-state index is 12.9. The van der Waals surface area contributed by atoms with E-state index in [9.17, 15) is 4.21 Å². The number of H-pyrrole nitrogens is 1. The lowest BCUT2D eigenvalue weighted by Gasteiger charge is -2.15. The van der Waals surface area contributed by atoms with Crippen molar-refractivity contribution in [1.29, 1.82) is 0 Å². The maximum Gasteiger partial charge on any atom is 0.247 e. The molecule has 0 radical (unpaired) electrons. The Morgan fingerprint density at radius 3 is 2.60 bits per heavy atom. The summed E-state index contributed by atoms with van der Waals surface area (Å²) >= 11 is 0. The van der Waals surface area contributed by atoms with Gasteiger partial charge in [0.1, 0.15) is 10.8 Å². The van der Waals surface area contributed by atoms with Crippen LogP contribution in [-0.2, 0) is 43.0 Å². The lowest BCUT2D eigenvalue weighted by molar-refractivity contribution is 0.371. The smallest absolute Gasteiger partial charge is 0.247 e. The zero-order valence-corrected chi connectivity index (χ0v) is 18.3. The van der Waals surface area contributed by atoms with Crippen molar-refractivity contribution in [3.8, 4) is 0 Å². The van der Waals surface area contributed by atoms with Crippen molar-refractivity contribution >= 4 is 22.4 Å². The summed E-state index contributed by atoms with van der Waals surface area (Å²) < 4.78 is 14.7. The van der Waals surface area contributed by atoms with Crippen molar-refractivity contribution in [2.24, 2.45) is 0 Å². The van der Waals surface area contributed by atoms with Crippen LogP contribution in [0.5, 0.6) is 0 Å². The molecule has 2 aromatic heterocycles. The molecule has 1 unspecified atom stereocenters. The Hall–Kier alpha value is -2.52. The third kappa shape index (κ3) is 3.67. The summed E-state index contributed by atoms with van der Waals surface area (Å²) in [7, 11) is 2.54. The fourth-order valence-corrected chi connectivity index (χ4v) is 5.29. The van der Waals surface area contributed by atoms with Crippen LogP contribution >= 0.6 is 0 Å². The monoisotopic (exact) mass is 425 g/mol. The molecule has 2 aliphatic rings. The van der Waals surface area contributed by atoms with E-state index in [-0.39, 0.29) is 0 Å². The van der Waals surface area contributed by atoms with Crippen LogP contribution in [0.3, 0.4) is 0 Å². The summed E-state index contributed by atoms with van der Waals surface area (Å²) in [5.74, 6) is 0.472. The van der Waals surface area contributed by atoms with Gasteiger partial charge in [0.25, 0.3) is 0 Å². The molecule has 0 spiro atoms. The molecule has 30 heavy (non-hydrogen) atoms. The number of aromatic nitrogens is 5. The average molecular weight is 426 g/mol. The quantitative estimate of drug-likeness (QED) is 0.604. The second kappa shape index (κ2) is 7.96. The van der Waals surface area contributed by atoms with Gasteiger partial charge in [0.2, 0.25) is 11.1 Å². The second-order valence-electron chi connectivity index (χ2n) is 8.31. The van der Waals surface area contributed by atoms with Gasteiger partial charge >= 0.3 is 0 Å². The Balaban J connectivity index is 1.35. The van der Waals surface area contributed by atoms with E-state index < -0.39 is 10.8 Å². The molecule has 2 N–H and O–H groups in total. The van der Waals surface area contributed by atoms with E-state index in [2.05, 4.69) is 36.6 Å². The van der Waals surface area contributed by atoms with Crippen molar-refractivity contribution in [3.05, 3.63) is 40.6 Å². The number of aromatic amines is 1. The van der Waals surface area contributed by atoms with Crippen LogP contribution in [0, 0.1) is 0 Å². The molecule has 0 fully saturated rings. The first-order valence-corrected chi connectivity index (χ1v) is 11.7. The van der Waals surface area contributed by atoms with Crippen LogP contribution in [0.4, 0.5) is 11.6 Å². The van der Waals surface area contributed by atoms with Crippen LogP contribution in [0.1, 0.15) is 35.1 Å². The summed E-state index contributed by atoms with van der Waals surface area (Å²) in [6.07, 6.45) is 8.74. The number of hydrogen-bond acceptors (Lipinski definition) is 6. The second-order valence-corrected chi connectivity index (χ2v) is 9.65. The van der Waals surface area contributed by atoms with Gasteiger partial charge in [-0.15, -0.1) is 5.10 Å². The molecular weight excluding hydrogens is 398 g/mol. The Morgan fingerprint density at radius 1 is 1.17 bits per heavy atom. The van der Waals surface area contributed by atoms with E-state index in [1.165, 1.54) is 40.8 Å². The van der Waals surface area contributed by atoms with Gasteiger partial charge in [-0.2, -0.15) is 10.1 Å². The number of anilines is 2. The largest absolute Gasteiger partial charge is 0.322 e. The molecule has 5 rings (SSSR count). The fraction of sp³-hybridized carbons (Fsp3) is 0.476. The van der Waals surface area contributed by atoms with Gasteiger partial charge < -0.3 is 10.2 Å². The first-order valence-electron chi connectivity index (χ1n) is 10.5. The minimum absolute atomic E-state index is 0.319. The normalized spacial score (nSPS) is 16.1. The molecule has 8 nitrogen and oxygen atoms in total. The van der Waals surface area contributed by atoms with Gasteiger partial charge in [0.05, 0.1) is 6.54 Å². The lowest BCUT2D eigenvalue weighted by atomic mass is 9.99. The maximum atomic E-state index is 12.9. The standard InChI is InChI=1S/C21H27N7OS/c1-27(2)11-12-28-10-9-18(26-28)30(29)21-23-20(24-25-21)22-19-16-7-3-5-14(16)13-15-6-4-8-17(15)19/h9-10,13H,3-8,11-12H2,1-2H3,(H2,22,23,24,25). The number of likely N-dealkylation sites (N-methyl/N-ethyl adjacent to an activating group) is 1. The summed E-state index contributed by atoms with van der Waals surface area (Å²) in [4.78, 5) is 6.57. The van der Waals surface area contributed by atoms with Crippen molar-refractivity contribution in [2.45, 2.75) is 55.3 Å². The molecule has 1 atom stereocenters. The van der Waals surface area contributed by atoms with Crippen LogP contribution in [-0.4, -0.2) is 54.7 Å². The molecule has 1 aromatic carbocycles. The van der Waals surface area contributed by atoms with Gasteiger partial charge in [-0.05, 0) is 80.9 Å². The molecular formula is C21H27N7OS. The SMILES string of the molecule is CN(C)CCn1ccc(S(=O)c2nc(Nc3c4c(cc5c3CCC5)CCC4)n[nH]2)n1. The predicted molar refractivity (Wildman–Crippen MR) is 116 cm³/mol. The number of fused-ring (bicyclic) bond motifs is 2. The van der Waals surface area contributed by atoms with Gasteiger partial charge in [-0.3, -0.25) is 4.68 Å². The molecule has 0 bridgehead atoms. The van der Waals surface area contributed by atoms with E-state index in [1.807, 2.05) is 20.3 Å². The Bertz CT molecular complexity index is 1070. The molecule has 0 aliphatic heterocycles. The molecule has 2 aliphatic carbocycles. The van der Waals surface area contributed by atoms with Crippen LogP contribution < -0.4 is 5.32 Å². The third-order valence-corrected chi connectivity index (χ3v) is 7.06. The molecule has 158 valence electrons. The molecule has 0 amide bonds. The number of benzene rings is 1. The topological polar surface area (TPSA) is 91.7 Å². The van der Waals surface area contributed by atoms with E-state index in [4.69, 9.17) is 0 Å². The van der Waals surface area contributed by atoms with Crippen LogP contribution in [0.15, 0.2) is 28.5 Å². The summed E-state index contributed by atoms with van der Waals surface area (Å²) in [6.45, 7) is 1.62. The van der Waals surface area contributed by atoms with Gasteiger partial charge in [0, 0.05) is 18.4 Å². The van der Waals surface area contributed by atoms with Crippen molar-refractivity contribution in [3.63, 3.8) is 0 Å². The predicted octanol–water partition coefficient (Wildman–Crippen LogP) is 2.45. The van der Waals surface area contributed by atoms with E-state index >= 15 is 0 Å². The number of nitrogens with one attached hydrogen (secondary N) is 2. The Morgan fingerprint density at radius 2 is 1.90 bits per heavy atom. The highest BCUT2D eigenvalue weighted by Gasteiger charge is 2.25. The van der Waals surface area contributed by atoms with Crippen molar-refractivity contribution in [2.75, 3.05) is 26.0 Å². The zero-order chi connectivity index (χ0) is 20.7. The number of hydrogen-bond donors (Lipinski definition) is 2. The third-order valence-electron chi connectivity index (χ3n) is 5.93.